The number of aromatic nitrogens is 2. The number of phenols is 1. The van der Waals surface area contributed by atoms with Crippen LogP contribution in [0.25, 0.3) is 0 Å². The van der Waals surface area contributed by atoms with Gasteiger partial charge in [-0.25, -0.2) is 0 Å². The van der Waals surface area contributed by atoms with E-state index in [2.05, 4.69) is 10.1 Å². The van der Waals surface area contributed by atoms with E-state index in [1.807, 2.05) is 29.6 Å². The number of thiophene rings is 1. The second kappa shape index (κ2) is 5.24. The van der Waals surface area contributed by atoms with E-state index in [-0.39, 0.29) is 5.75 Å². The van der Waals surface area contributed by atoms with E-state index in [9.17, 15) is 5.11 Å². The lowest BCUT2D eigenvalue weighted by atomic mass is 10.1. The molecule has 0 spiro atoms. The number of hydrogen-bond acceptors (Lipinski definition) is 5. The van der Waals surface area contributed by atoms with Crippen molar-refractivity contribution in [3.8, 4) is 5.75 Å². The lowest BCUT2D eigenvalue weighted by Crippen LogP contribution is -1.91. The number of aromatic hydroxyl groups is 1. The molecule has 0 amide bonds. The van der Waals surface area contributed by atoms with Gasteiger partial charge >= 0.3 is 0 Å². The number of rotatable bonds is 4. The van der Waals surface area contributed by atoms with Crippen molar-refractivity contribution in [3.05, 3.63) is 63.9 Å². The van der Waals surface area contributed by atoms with Crippen molar-refractivity contribution in [3.63, 3.8) is 0 Å². The smallest absolute Gasteiger partial charge is 0.231 e. The quantitative estimate of drug-likeness (QED) is 0.793. The van der Waals surface area contributed by atoms with Gasteiger partial charge in [-0.05, 0) is 17.5 Å². The van der Waals surface area contributed by atoms with Crippen LogP contribution in [-0.2, 0) is 12.8 Å². The maximum atomic E-state index is 9.70. The van der Waals surface area contributed by atoms with E-state index in [1.54, 1.807) is 23.5 Å². The first-order valence-corrected chi connectivity index (χ1v) is 6.80. The van der Waals surface area contributed by atoms with E-state index in [0.29, 0.717) is 24.6 Å². The van der Waals surface area contributed by atoms with E-state index < -0.39 is 0 Å². The minimum absolute atomic E-state index is 0.250. The summed E-state index contributed by atoms with van der Waals surface area (Å²) in [6.07, 6.45) is 1.13. The summed E-state index contributed by atoms with van der Waals surface area (Å²) >= 11 is 1.67. The fraction of sp³-hybridized carbons (Fsp3) is 0.143. The lowest BCUT2D eigenvalue weighted by Gasteiger charge is -1.99. The summed E-state index contributed by atoms with van der Waals surface area (Å²) in [5.41, 5.74) is 0.786. The van der Waals surface area contributed by atoms with Crippen molar-refractivity contribution in [2.45, 2.75) is 12.8 Å². The van der Waals surface area contributed by atoms with E-state index in [0.717, 1.165) is 5.56 Å². The zero-order chi connectivity index (χ0) is 13.1. The van der Waals surface area contributed by atoms with Crippen molar-refractivity contribution < 1.29 is 9.63 Å². The van der Waals surface area contributed by atoms with Gasteiger partial charge < -0.3 is 9.63 Å². The molecule has 0 unspecified atom stereocenters. The predicted molar refractivity (Wildman–Crippen MR) is 72.3 cm³/mol. The first-order valence-electron chi connectivity index (χ1n) is 5.92. The monoisotopic (exact) mass is 272 g/mol. The van der Waals surface area contributed by atoms with Crippen LogP contribution in [0.3, 0.4) is 0 Å². The molecule has 5 heteroatoms. The number of nitrogens with zero attached hydrogens (tertiary/aromatic N) is 2. The molecule has 0 saturated carbocycles. The Kier molecular flexibility index (Phi) is 3.29. The highest BCUT2D eigenvalue weighted by molar-refractivity contribution is 7.09. The number of para-hydroxylation sites is 1. The van der Waals surface area contributed by atoms with Crippen LogP contribution in [0.2, 0.25) is 0 Å². The van der Waals surface area contributed by atoms with Gasteiger partial charge in [-0.2, -0.15) is 4.98 Å². The summed E-state index contributed by atoms with van der Waals surface area (Å²) in [7, 11) is 0. The van der Waals surface area contributed by atoms with E-state index in [4.69, 9.17) is 4.52 Å². The van der Waals surface area contributed by atoms with Crippen LogP contribution in [0.4, 0.5) is 0 Å². The summed E-state index contributed by atoms with van der Waals surface area (Å²) in [6.45, 7) is 0. The van der Waals surface area contributed by atoms with Crippen LogP contribution < -0.4 is 0 Å². The minimum Gasteiger partial charge on any atom is -0.508 e. The Labute approximate surface area is 114 Å². The van der Waals surface area contributed by atoms with Crippen LogP contribution in [-0.4, -0.2) is 15.2 Å². The van der Waals surface area contributed by atoms with Gasteiger partial charge in [0.2, 0.25) is 5.89 Å². The topological polar surface area (TPSA) is 59.2 Å². The molecule has 1 N–H and O–H groups in total. The van der Waals surface area contributed by atoms with E-state index >= 15 is 0 Å². The first-order chi connectivity index (χ1) is 9.31. The van der Waals surface area contributed by atoms with Gasteiger partial charge in [-0.15, -0.1) is 11.3 Å². The Balaban J connectivity index is 1.73. The van der Waals surface area contributed by atoms with Crippen molar-refractivity contribution in [1.82, 2.24) is 10.1 Å². The van der Waals surface area contributed by atoms with Gasteiger partial charge in [-0.3, -0.25) is 0 Å². The molecule has 19 heavy (non-hydrogen) atoms. The van der Waals surface area contributed by atoms with Crippen LogP contribution in [0.5, 0.6) is 5.75 Å². The fourth-order valence-corrected chi connectivity index (χ4v) is 2.53. The van der Waals surface area contributed by atoms with E-state index in [1.165, 1.54) is 4.88 Å². The summed E-state index contributed by atoms with van der Waals surface area (Å²) < 4.78 is 5.20. The molecule has 0 saturated heterocycles. The molecular formula is C14H12N2O2S. The summed E-state index contributed by atoms with van der Waals surface area (Å²) in [6, 6.07) is 11.2. The molecule has 2 aromatic heterocycles. The van der Waals surface area contributed by atoms with Crippen LogP contribution in [0, 0.1) is 0 Å². The molecule has 0 aliphatic carbocycles. The third kappa shape index (κ3) is 2.82. The van der Waals surface area contributed by atoms with Gasteiger partial charge in [0.1, 0.15) is 5.75 Å². The molecule has 0 bridgehead atoms. The third-order valence-electron chi connectivity index (χ3n) is 2.76. The predicted octanol–water partition coefficient (Wildman–Crippen LogP) is 3.02. The molecular weight excluding hydrogens is 260 g/mol. The molecule has 0 aliphatic heterocycles. The standard InChI is InChI=1S/C14H12N2O2S/c17-12-6-2-1-4-10(12)8-14-15-13(16-18-14)9-11-5-3-7-19-11/h1-7,17H,8-9H2. The molecule has 4 nitrogen and oxygen atoms in total. The summed E-state index contributed by atoms with van der Waals surface area (Å²) in [5.74, 6) is 1.45. The second-order valence-electron chi connectivity index (χ2n) is 4.17. The largest absolute Gasteiger partial charge is 0.508 e. The van der Waals surface area contributed by atoms with Gasteiger partial charge in [0.15, 0.2) is 5.82 Å². The van der Waals surface area contributed by atoms with Crippen molar-refractivity contribution in [2.75, 3.05) is 0 Å². The van der Waals surface area contributed by atoms with Crippen molar-refractivity contribution >= 4 is 11.3 Å². The Hall–Kier alpha value is -2.14. The zero-order valence-electron chi connectivity index (χ0n) is 10.1. The van der Waals surface area contributed by atoms with Crippen molar-refractivity contribution in [2.24, 2.45) is 0 Å². The Bertz CT molecular complexity index is 662. The molecule has 1 aromatic carbocycles. The Morgan fingerprint density at radius 2 is 2.00 bits per heavy atom. The molecule has 3 rings (SSSR count). The maximum Gasteiger partial charge on any atom is 0.231 e. The summed E-state index contributed by atoms with van der Waals surface area (Å²) in [4.78, 5) is 5.54. The number of hydrogen-bond donors (Lipinski definition) is 1. The molecule has 0 radical (unpaired) electrons. The highest BCUT2D eigenvalue weighted by atomic mass is 32.1. The molecule has 3 aromatic rings. The van der Waals surface area contributed by atoms with Crippen LogP contribution in [0.1, 0.15) is 22.2 Å². The van der Waals surface area contributed by atoms with Crippen molar-refractivity contribution in [1.29, 1.82) is 0 Å². The Morgan fingerprint density at radius 3 is 2.79 bits per heavy atom. The minimum atomic E-state index is 0.250. The molecule has 0 atom stereocenters. The third-order valence-corrected chi connectivity index (χ3v) is 3.63. The average Bonchev–Trinajstić information content (AvgIpc) is 3.05. The summed E-state index contributed by atoms with van der Waals surface area (Å²) in [5, 5.41) is 15.7. The van der Waals surface area contributed by atoms with Gasteiger partial charge in [0, 0.05) is 16.9 Å². The van der Waals surface area contributed by atoms with Gasteiger partial charge in [0.05, 0.1) is 6.42 Å². The molecule has 96 valence electrons. The number of benzene rings is 1. The van der Waals surface area contributed by atoms with Gasteiger partial charge in [-0.1, -0.05) is 29.4 Å². The Morgan fingerprint density at radius 1 is 1.11 bits per heavy atom. The van der Waals surface area contributed by atoms with Crippen LogP contribution in [0.15, 0.2) is 46.3 Å². The molecule has 0 aliphatic rings. The zero-order valence-corrected chi connectivity index (χ0v) is 10.9. The molecule has 0 fully saturated rings. The maximum absolute atomic E-state index is 9.70. The van der Waals surface area contributed by atoms with Gasteiger partial charge in [0.25, 0.3) is 0 Å². The highest BCUT2D eigenvalue weighted by Gasteiger charge is 2.10. The SMILES string of the molecule is Oc1ccccc1Cc1nc(Cc2cccs2)no1. The second-order valence-corrected chi connectivity index (χ2v) is 5.20. The fourth-order valence-electron chi connectivity index (χ4n) is 1.83. The molecule has 2 heterocycles. The van der Waals surface area contributed by atoms with Crippen LogP contribution >= 0.6 is 11.3 Å². The normalized spacial score (nSPS) is 10.7. The number of phenolic OH excluding ortho intramolecular Hbond substituents is 1. The average molecular weight is 272 g/mol. The first kappa shape index (κ1) is 11.9. The highest BCUT2D eigenvalue weighted by Crippen LogP contribution is 2.19. The lowest BCUT2D eigenvalue weighted by molar-refractivity contribution is 0.378.